The largest absolute Gasteiger partial charge is 0.308 e. The summed E-state index contributed by atoms with van der Waals surface area (Å²) in [5.41, 5.74) is 0.00706. The molecule has 1 amide bonds. The molecule has 0 unspecified atom stereocenters. The number of hydrogen-bond donors (Lipinski definition) is 0. The highest BCUT2D eigenvalue weighted by Crippen LogP contribution is 2.27. The van der Waals surface area contributed by atoms with Crippen LogP contribution in [-0.4, -0.2) is 22.9 Å². The predicted octanol–water partition coefficient (Wildman–Crippen LogP) is 3.57. The molecular weight excluding hydrogens is 317 g/mol. The maximum Gasteiger partial charge on any atom is 0.282 e. The summed E-state index contributed by atoms with van der Waals surface area (Å²) in [5.74, 6) is -0.562. The minimum Gasteiger partial charge on any atom is -0.308 e. The first kappa shape index (κ1) is 15.2. The number of hydrogen-bond acceptors (Lipinski definition) is 4. The third kappa shape index (κ3) is 3.12. The number of carbonyl (C=O) groups excluding carboxylic acids is 1. The Balaban J connectivity index is 2.42. The minimum absolute atomic E-state index is 0.0315. The maximum atomic E-state index is 12.4. The molecule has 1 heterocycles. The fourth-order valence-corrected chi connectivity index (χ4v) is 2.23. The summed E-state index contributed by atoms with van der Waals surface area (Å²) in [6.07, 6.45) is 0. The molecule has 21 heavy (non-hydrogen) atoms. The topological polar surface area (TPSA) is 76.3 Å². The van der Waals surface area contributed by atoms with Gasteiger partial charge in [-0.2, -0.15) is 0 Å². The summed E-state index contributed by atoms with van der Waals surface area (Å²) in [7, 11) is 1.45. The monoisotopic (exact) mass is 325 g/mol. The number of aromatic nitrogens is 1. The second kappa shape index (κ2) is 6.07. The zero-order chi connectivity index (χ0) is 15.6. The summed E-state index contributed by atoms with van der Waals surface area (Å²) in [4.78, 5) is 27.8. The average molecular weight is 326 g/mol. The van der Waals surface area contributed by atoms with Crippen molar-refractivity contribution in [2.24, 2.45) is 0 Å². The highest BCUT2D eigenvalue weighted by Gasteiger charge is 2.24. The number of nitrogens with zero attached hydrogens (tertiary/aromatic N) is 3. The van der Waals surface area contributed by atoms with Crippen LogP contribution in [0.2, 0.25) is 10.3 Å². The van der Waals surface area contributed by atoms with Crippen molar-refractivity contribution in [3.63, 3.8) is 0 Å². The highest BCUT2D eigenvalue weighted by molar-refractivity contribution is 6.34. The van der Waals surface area contributed by atoms with Crippen LogP contribution in [0.4, 0.5) is 11.4 Å². The fraction of sp³-hybridized carbons (Fsp3) is 0.0769. The molecule has 0 atom stereocenters. The number of pyridine rings is 1. The lowest BCUT2D eigenvalue weighted by Gasteiger charge is -2.18. The van der Waals surface area contributed by atoms with Gasteiger partial charge in [-0.25, -0.2) is 4.98 Å². The number of halogens is 2. The molecule has 2 rings (SSSR count). The van der Waals surface area contributed by atoms with Gasteiger partial charge in [0, 0.05) is 13.1 Å². The van der Waals surface area contributed by atoms with Crippen molar-refractivity contribution in [2.45, 2.75) is 0 Å². The Bertz CT molecular complexity index is 722. The SMILES string of the molecule is CN(C(=O)c1ccccc1[N+](=O)[O-])c1ccc(Cl)nc1Cl. The molecule has 0 N–H and O–H groups in total. The first-order valence-corrected chi connectivity index (χ1v) is 6.51. The minimum atomic E-state index is -0.608. The van der Waals surface area contributed by atoms with Gasteiger partial charge in [-0.15, -0.1) is 0 Å². The summed E-state index contributed by atoms with van der Waals surface area (Å²) in [5, 5.41) is 11.2. The molecule has 0 aliphatic carbocycles. The molecule has 0 fully saturated rings. The van der Waals surface area contributed by atoms with Gasteiger partial charge in [0.25, 0.3) is 11.6 Å². The van der Waals surface area contributed by atoms with E-state index in [9.17, 15) is 14.9 Å². The smallest absolute Gasteiger partial charge is 0.282 e. The van der Waals surface area contributed by atoms with E-state index in [1.807, 2.05) is 0 Å². The summed E-state index contributed by atoms with van der Waals surface area (Å²) in [6, 6.07) is 8.69. The van der Waals surface area contributed by atoms with Crippen LogP contribution < -0.4 is 4.90 Å². The van der Waals surface area contributed by atoms with Crippen molar-refractivity contribution >= 4 is 40.5 Å². The molecule has 0 aliphatic heterocycles. The lowest BCUT2D eigenvalue weighted by Crippen LogP contribution is -2.27. The normalized spacial score (nSPS) is 10.2. The van der Waals surface area contributed by atoms with Gasteiger partial charge in [0.15, 0.2) is 5.15 Å². The lowest BCUT2D eigenvalue weighted by atomic mass is 10.1. The van der Waals surface area contributed by atoms with Crippen molar-refractivity contribution < 1.29 is 9.72 Å². The van der Waals surface area contributed by atoms with Crippen LogP contribution in [-0.2, 0) is 0 Å². The van der Waals surface area contributed by atoms with Crippen molar-refractivity contribution in [3.8, 4) is 0 Å². The predicted molar refractivity (Wildman–Crippen MR) is 80.1 cm³/mol. The first-order valence-electron chi connectivity index (χ1n) is 5.75. The second-order valence-electron chi connectivity index (χ2n) is 4.08. The molecule has 1 aromatic heterocycles. The molecule has 0 radical (unpaired) electrons. The summed E-state index contributed by atoms with van der Waals surface area (Å²) in [6.45, 7) is 0. The van der Waals surface area contributed by atoms with Crippen LogP contribution in [0.3, 0.4) is 0 Å². The van der Waals surface area contributed by atoms with Crippen LogP contribution in [0, 0.1) is 10.1 Å². The van der Waals surface area contributed by atoms with E-state index in [4.69, 9.17) is 23.2 Å². The molecule has 2 aromatic rings. The number of carbonyl (C=O) groups is 1. The van der Waals surface area contributed by atoms with Gasteiger partial charge in [-0.3, -0.25) is 14.9 Å². The van der Waals surface area contributed by atoms with Crippen LogP contribution in [0.25, 0.3) is 0 Å². The molecule has 6 nitrogen and oxygen atoms in total. The average Bonchev–Trinajstić information content (AvgIpc) is 2.45. The van der Waals surface area contributed by atoms with Crippen molar-refractivity contribution in [1.82, 2.24) is 4.98 Å². The molecule has 0 spiro atoms. The molecule has 0 bridgehead atoms. The van der Waals surface area contributed by atoms with Gasteiger partial charge in [0.2, 0.25) is 0 Å². The number of nitro benzene ring substituents is 1. The van der Waals surface area contributed by atoms with Gasteiger partial charge in [-0.1, -0.05) is 35.3 Å². The van der Waals surface area contributed by atoms with E-state index in [1.165, 1.54) is 42.3 Å². The highest BCUT2D eigenvalue weighted by atomic mass is 35.5. The second-order valence-corrected chi connectivity index (χ2v) is 4.83. The van der Waals surface area contributed by atoms with Gasteiger partial charge in [0.1, 0.15) is 10.7 Å². The van der Waals surface area contributed by atoms with E-state index in [-0.39, 0.29) is 21.6 Å². The number of nitro groups is 1. The first-order chi connectivity index (χ1) is 9.91. The molecular formula is C13H9Cl2N3O3. The number of benzene rings is 1. The van der Waals surface area contributed by atoms with Gasteiger partial charge in [0.05, 0.1) is 10.6 Å². The lowest BCUT2D eigenvalue weighted by molar-refractivity contribution is -0.385. The Kier molecular flexibility index (Phi) is 4.40. The van der Waals surface area contributed by atoms with E-state index in [0.29, 0.717) is 5.69 Å². The van der Waals surface area contributed by atoms with E-state index in [1.54, 1.807) is 6.07 Å². The molecule has 108 valence electrons. The quantitative estimate of drug-likeness (QED) is 0.491. The number of anilines is 1. The maximum absolute atomic E-state index is 12.4. The standard InChI is InChI=1S/C13H9Cl2N3O3/c1-17(10-6-7-11(14)16-12(10)15)13(19)8-4-2-3-5-9(8)18(20)21/h2-7H,1H3. The van der Waals surface area contributed by atoms with Crippen molar-refractivity contribution in [1.29, 1.82) is 0 Å². The summed E-state index contributed by atoms with van der Waals surface area (Å²) < 4.78 is 0. The Morgan fingerprint density at radius 1 is 1.24 bits per heavy atom. The third-order valence-corrected chi connectivity index (χ3v) is 3.28. The van der Waals surface area contributed by atoms with E-state index in [2.05, 4.69) is 4.98 Å². The molecule has 0 saturated carbocycles. The number of amides is 1. The Morgan fingerprint density at radius 2 is 1.90 bits per heavy atom. The van der Waals surface area contributed by atoms with Gasteiger partial charge < -0.3 is 4.90 Å². The van der Waals surface area contributed by atoms with Gasteiger partial charge in [-0.05, 0) is 18.2 Å². The summed E-state index contributed by atoms with van der Waals surface area (Å²) >= 11 is 11.6. The van der Waals surface area contributed by atoms with Crippen LogP contribution >= 0.6 is 23.2 Å². The zero-order valence-corrected chi connectivity index (χ0v) is 12.3. The van der Waals surface area contributed by atoms with Crippen LogP contribution in [0.1, 0.15) is 10.4 Å². The molecule has 8 heteroatoms. The van der Waals surface area contributed by atoms with Gasteiger partial charge >= 0.3 is 0 Å². The van der Waals surface area contributed by atoms with Crippen LogP contribution in [0.15, 0.2) is 36.4 Å². The van der Waals surface area contributed by atoms with Crippen molar-refractivity contribution in [3.05, 3.63) is 62.4 Å². The Hall–Kier alpha value is -2.18. The van der Waals surface area contributed by atoms with E-state index in [0.717, 1.165) is 0 Å². The number of para-hydroxylation sites is 1. The third-order valence-electron chi connectivity index (χ3n) is 2.79. The van der Waals surface area contributed by atoms with E-state index < -0.39 is 10.8 Å². The molecule has 0 saturated heterocycles. The fourth-order valence-electron chi connectivity index (χ4n) is 1.76. The number of rotatable bonds is 3. The molecule has 1 aromatic carbocycles. The Morgan fingerprint density at radius 3 is 2.52 bits per heavy atom. The van der Waals surface area contributed by atoms with Crippen molar-refractivity contribution in [2.75, 3.05) is 11.9 Å². The Labute approximate surface area is 130 Å². The zero-order valence-electron chi connectivity index (χ0n) is 10.8. The van der Waals surface area contributed by atoms with E-state index >= 15 is 0 Å². The van der Waals surface area contributed by atoms with Crippen LogP contribution in [0.5, 0.6) is 0 Å². The molecule has 0 aliphatic rings.